The first-order valence-electron chi connectivity index (χ1n) is 7.68. The zero-order valence-corrected chi connectivity index (χ0v) is 14.0. The van der Waals surface area contributed by atoms with Gasteiger partial charge in [0.15, 0.2) is 15.8 Å². The van der Waals surface area contributed by atoms with Crippen LogP contribution in [0.4, 0.5) is 5.95 Å². The molecule has 1 aliphatic carbocycles. The quantitative estimate of drug-likeness (QED) is 0.582. The summed E-state index contributed by atoms with van der Waals surface area (Å²) < 4.78 is 22.9. The number of sulfone groups is 1. The van der Waals surface area contributed by atoms with Crippen molar-refractivity contribution in [3.8, 4) is 0 Å². The van der Waals surface area contributed by atoms with E-state index in [4.69, 9.17) is 5.73 Å². The van der Waals surface area contributed by atoms with Gasteiger partial charge in [0.2, 0.25) is 5.95 Å². The van der Waals surface area contributed by atoms with Crippen LogP contribution in [0.2, 0.25) is 0 Å². The van der Waals surface area contributed by atoms with Gasteiger partial charge in [0.1, 0.15) is 0 Å². The van der Waals surface area contributed by atoms with Crippen molar-refractivity contribution >= 4 is 21.7 Å². The van der Waals surface area contributed by atoms with Gasteiger partial charge in [0.05, 0.1) is 11.3 Å². The first kappa shape index (κ1) is 16.0. The summed E-state index contributed by atoms with van der Waals surface area (Å²) in [7, 11) is -3.07. The summed E-state index contributed by atoms with van der Waals surface area (Å²) in [6.45, 7) is 3.23. The van der Waals surface area contributed by atoms with E-state index < -0.39 is 14.6 Å². The van der Waals surface area contributed by atoms with Crippen molar-refractivity contribution in [1.29, 1.82) is 0 Å². The van der Waals surface area contributed by atoms with Gasteiger partial charge in [-0.3, -0.25) is 4.99 Å². The number of hydrogen-bond donors (Lipinski definition) is 1. The number of hydrogen-bond acceptors (Lipinski definition) is 6. The summed E-state index contributed by atoms with van der Waals surface area (Å²) in [4.78, 5) is 16.9. The van der Waals surface area contributed by atoms with Crippen LogP contribution in [0.1, 0.15) is 12.8 Å². The molecule has 1 aromatic heterocycles. The third-order valence-electron chi connectivity index (χ3n) is 4.56. The van der Waals surface area contributed by atoms with Gasteiger partial charge in [0.25, 0.3) is 0 Å². The molecule has 2 heterocycles. The Balaban J connectivity index is 1.56. The molecule has 0 radical (unpaired) electrons. The maximum Gasteiger partial charge on any atom is 0.225 e. The van der Waals surface area contributed by atoms with E-state index in [1.54, 1.807) is 18.5 Å². The molecule has 0 amide bonds. The lowest BCUT2D eigenvalue weighted by Crippen LogP contribution is -2.51. The summed E-state index contributed by atoms with van der Waals surface area (Å²) in [6, 6.07) is 1.79. The largest absolute Gasteiger partial charge is 0.370 e. The van der Waals surface area contributed by atoms with Gasteiger partial charge in [-0.1, -0.05) is 0 Å². The van der Waals surface area contributed by atoms with Crippen molar-refractivity contribution in [2.24, 2.45) is 10.7 Å². The molecule has 1 aromatic rings. The maximum atomic E-state index is 11.8. The smallest absolute Gasteiger partial charge is 0.225 e. The molecule has 0 spiro atoms. The molecule has 1 saturated heterocycles. The Morgan fingerprint density at radius 3 is 2.39 bits per heavy atom. The van der Waals surface area contributed by atoms with Crippen molar-refractivity contribution < 1.29 is 8.42 Å². The molecule has 0 aromatic carbocycles. The van der Waals surface area contributed by atoms with Crippen LogP contribution in [0.3, 0.4) is 0 Å². The maximum absolute atomic E-state index is 11.8. The molecule has 9 heteroatoms. The molecule has 8 nitrogen and oxygen atoms in total. The van der Waals surface area contributed by atoms with Crippen molar-refractivity contribution in [2.45, 2.75) is 17.6 Å². The first-order chi connectivity index (χ1) is 10.9. The molecule has 0 bridgehead atoms. The van der Waals surface area contributed by atoms with Gasteiger partial charge in [-0.2, -0.15) is 0 Å². The van der Waals surface area contributed by atoms with Crippen LogP contribution in [0.15, 0.2) is 23.5 Å². The van der Waals surface area contributed by atoms with Crippen LogP contribution < -0.4 is 10.6 Å². The Morgan fingerprint density at radius 1 is 1.26 bits per heavy atom. The van der Waals surface area contributed by atoms with E-state index in [-0.39, 0.29) is 6.54 Å². The molecular formula is C14H22N6O2S. The monoisotopic (exact) mass is 338 g/mol. The van der Waals surface area contributed by atoms with Crippen LogP contribution >= 0.6 is 0 Å². The topological polar surface area (TPSA) is 105 Å². The molecule has 126 valence electrons. The third-order valence-corrected chi connectivity index (χ3v) is 6.67. The van der Waals surface area contributed by atoms with E-state index in [1.807, 2.05) is 4.90 Å². The summed E-state index contributed by atoms with van der Waals surface area (Å²) >= 11 is 0. The predicted octanol–water partition coefficient (Wildman–Crippen LogP) is -0.509. The van der Waals surface area contributed by atoms with Gasteiger partial charge in [-0.15, -0.1) is 0 Å². The highest BCUT2D eigenvalue weighted by atomic mass is 32.2. The molecule has 3 rings (SSSR count). The number of aromatic nitrogens is 2. The van der Waals surface area contributed by atoms with Crippen LogP contribution in [0, 0.1) is 0 Å². The minimum atomic E-state index is -3.07. The summed E-state index contributed by atoms with van der Waals surface area (Å²) in [5, 5.41) is 0. The average molecular weight is 338 g/mol. The number of nitrogens with two attached hydrogens (primary N) is 1. The lowest BCUT2D eigenvalue weighted by atomic mass is 10.3. The number of aliphatic imine (C=N–C) groups is 1. The van der Waals surface area contributed by atoms with Crippen molar-refractivity contribution in [2.75, 3.05) is 43.9 Å². The zero-order chi connectivity index (χ0) is 16.5. The van der Waals surface area contributed by atoms with Crippen LogP contribution in [0.5, 0.6) is 0 Å². The van der Waals surface area contributed by atoms with Crippen molar-refractivity contribution in [3.05, 3.63) is 18.5 Å². The molecule has 2 aliphatic rings. The van der Waals surface area contributed by atoms with E-state index >= 15 is 0 Å². The molecule has 2 fully saturated rings. The highest BCUT2D eigenvalue weighted by Crippen LogP contribution is 2.43. The standard InChI is InChI=1S/C14H22N6O2S/c1-23(21,22)14(3-4-14)11-18-12(15)19-7-9-20(10-8-19)13-16-5-2-6-17-13/h2,5-6H,3-4,7-11H2,1H3,(H2,15,18). The van der Waals surface area contributed by atoms with Crippen LogP contribution in [0.25, 0.3) is 0 Å². The Hall–Kier alpha value is -1.90. The fourth-order valence-corrected chi connectivity index (χ4v) is 3.84. The number of anilines is 1. The highest BCUT2D eigenvalue weighted by molar-refractivity contribution is 7.92. The Bertz CT molecular complexity index is 678. The van der Waals surface area contributed by atoms with Crippen LogP contribution in [-0.2, 0) is 9.84 Å². The Morgan fingerprint density at radius 2 is 1.87 bits per heavy atom. The highest BCUT2D eigenvalue weighted by Gasteiger charge is 2.52. The van der Waals surface area contributed by atoms with E-state index in [9.17, 15) is 8.42 Å². The lowest BCUT2D eigenvalue weighted by Gasteiger charge is -2.35. The number of guanidine groups is 1. The number of nitrogens with zero attached hydrogens (tertiary/aromatic N) is 5. The van der Waals surface area contributed by atoms with Crippen molar-refractivity contribution in [3.63, 3.8) is 0 Å². The summed E-state index contributed by atoms with van der Waals surface area (Å²) in [5.41, 5.74) is 6.04. The molecule has 0 atom stereocenters. The van der Waals surface area contributed by atoms with Crippen molar-refractivity contribution in [1.82, 2.24) is 14.9 Å². The molecule has 23 heavy (non-hydrogen) atoms. The second-order valence-corrected chi connectivity index (χ2v) is 8.56. The molecule has 1 aliphatic heterocycles. The van der Waals surface area contributed by atoms with Gasteiger partial charge >= 0.3 is 0 Å². The molecule has 0 unspecified atom stereocenters. The zero-order valence-electron chi connectivity index (χ0n) is 13.2. The van der Waals surface area contributed by atoms with E-state index in [0.717, 1.165) is 32.1 Å². The van der Waals surface area contributed by atoms with Crippen LogP contribution in [-0.4, -0.2) is 73.0 Å². The molecule has 1 saturated carbocycles. The summed E-state index contributed by atoms with van der Waals surface area (Å²) in [6.07, 6.45) is 6.10. The first-order valence-corrected chi connectivity index (χ1v) is 9.57. The minimum absolute atomic E-state index is 0.264. The minimum Gasteiger partial charge on any atom is -0.370 e. The van der Waals surface area contributed by atoms with Gasteiger partial charge in [-0.05, 0) is 18.9 Å². The van der Waals surface area contributed by atoms with Gasteiger partial charge in [0, 0.05) is 44.8 Å². The second-order valence-electron chi connectivity index (χ2n) is 6.15. The Kier molecular flexibility index (Phi) is 4.13. The second kappa shape index (κ2) is 5.95. The molecular weight excluding hydrogens is 316 g/mol. The van der Waals surface area contributed by atoms with Gasteiger partial charge < -0.3 is 15.5 Å². The predicted molar refractivity (Wildman–Crippen MR) is 89.1 cm³/mol. The number of rotatable bonds is 4. The van der Waals surface area contributed by atoms with E-state index in [0.29, 0.717) is 18.8 Å². The number of piperazine rings is 1. The van der Waals surface area contributed by atoms with E-state index in [2.05, 4.69) is 19.9 Å². The van der Waals surface area contributed by atoms with E-state index in [1.165, 1.54) is 6.26 Å². The Labute approximate surface area is 136 Å². The lowest BCUT2D eigenvalue weighted by molar-refractivity contribution is 0.378. The SMILES string of the molecule is CS(=O)(=O)C1(CN=C(N)N2CCN(c3ncccn3)CC2)CC1. The molecule has 2 N–H and O–H groups in total. The summed E-state index contributed by atoms with van der Waals surface area (Å²) in [5.74, 6) is 1.14. The normalized spacial score (nSPS) is 21.3. The van der Waals surface area contributed by atoms with Gasteiger partial charge in [-0.25, -0.2) is 18.4 Å². The fourth-order valence-electron chi connectivity index (χ4n) is 2.70. The average Bonchev–Trinajstić information content (AvgIpc) is 3.35. The fraction of sp³-hybridized carbons (Fsp3) is 0.643. The third kappa shape index (κ3) is 3.39.